The lowest BCUT2D eigenvalue weighted by Crippen LogP contribution is -2.46. The molecule has 0 atom stereocenters. The number of carbonyl (C=O) groups excluding carboxylic acids is 1. The van der Waals surface area contributed by atoms with Crippen LogP contribution in [0.2, 0.25) is 0 Å². The lowest BCUT2D eigenvalue weighted by Gasteiger charge is -2.28. The molecule has 20 heavy (non-hydrogen) atoms. The number of aromatic nitrogens is 1. The van der Waals surface area contributed by atoms with Gasteiger partial charge in [0.1, 0.15) is 5.69 Å². The number of hydrogen-bond acceptors (Lipinski definition) is 5. The highest BCUT2D eigenvalue weighted by Crippen LogP contribution is 2.15. The molecule has 0 radical (unpaired) electrons. The molecule has 110 valence electrons. The Morgan fingerprint density at radius 2 is 2.15 bits per heavy atom. The molecule has 0 bridgehead atoms. The number of rotatable bonds is 4. The van der Waals surface area contributed by atoms with Crippen LogP contribution in [0.3, 0.4) is 0 Å². The van der Waals surface area contributed by atoms with Gasteiger partial charge in [-0.05, 0) is 26.0 Å². The molecule has 0 aliphatic carbocycles. The van der Waals surface area contributed by atoms with Crippen molar-refractivity contribution < 1.29 is 14.6 Å². The van der Waals surface area contributed by atoms with E-state index in [-0.39, 0.29) is 12.5 Å². The van der Waals surface area contributed by atoms with E-state index in [9.17, 15) is 4.79 Å². The largest absolute Gasteiger partial charge is 0.394 e. The number of nitrogens with zero attached hydrogens (tertiary/aromatic N) is 2. The number of aliphatic hydroxyl groups is 1. The van der Waals surface area contributed by atoms with Gasteiger partial charge in [0.05, 0.1) is 37.2 Å². The monoisotopic (exact) mass is 279 g/mol. The van der Waals surface area contributed by atoms with Gasteiger partial charge < -0.3 is 20.1 Å². The van der Waals surface area contributed by atoms with Crippen molar-refractivity contribution in [2.75, 3.05) is 37.8 Å². The lowest BCUT2D eigenvalue weighted by atomic mass is 10.1. The van der Waals surface area contributed by atoms with Crippen LogP contribution in [0, 0.1) is 0 Å². The van der Waals surface area contributed by atoms with Gasteiger partial charge in [0, 0.05) is 13.1 Å². The van der Waals surface area contributed by atoms with Crippen LogP contribution in [0.1, 0.15) is 24.3 Å². The van der Waals surface area contributed by atoms with Crippen molar-refractivity contribution >= 4 is 11.6 Å². The molecule has 1 amide bonds. The van der Waals surface area contributed by atoms with Crippen LogP contribution >= 0.6 is 0 Å². The number of nitrogens with one attached hydrogen (secondary N) is 1. The van der Waals surface area contributed by atoms with Crippen molar-refractivity contribution in [3.05, 3.63) is 24.0 Å². The van der Waals surface area contributed by atoms with Gasteiger partial charge in [-0.2, -0.15) is 0 Å². The average molecular weight is 279 g/mol. The molecule has 6 nitrogen and oxygen atoms in total. The second-order valence-electron chi connectivity index (χ2n) is 5.50. The molecule has 1 fully saturated rings. The molecule has 0 saturated carbocycles. The molecule has 2 N–H and O–H groups in total. The summed E-state index contributed by atoms with van der Waals surface area (Å²) in [5.41, 5.74) is 0.691. The minimum Gasteiger partial charge on any atom is -0.394 e. The first-order chi connectivity index (χ1) is 9.52. The van der Waals surface area contributed by atoms with E-state index in [2.05, 4.69) is 15.2 Å². The standard InChI is InChI=1S/C14H21N3O3/c1-14(2,10-18)16-13(19)12-4-3-11(9-15-12)17-5-7-20-8-6-17/h3-4,9,18H,5-8,10H2,1-2H3,(H,16,19). The van der Waals surface area contributed by atoms with E-state index >= 15 is 0 Å². The molecule has 1 aliphatic rings. The Hall–Kier alpha value is -1.66. The highest BCUT2D eigenvalue weighted by atomic mass is 16.5. The Morgan fingerprint density at radius 1 is 1.45 bits per heavy atom. The van der Waals surface area contributed by atoms with Crippen LogP contribution < -0.4 is 10.2 Å². The molecule has 6 heteroatoms. The number of morpholine rings is 1. The minimum atomic E-state index is -0.651. The fraction of sp³-hybridized carbons (Fsp3) is 0.571. The quantitative estimate of drug-likeness (QED) is 0.835. The van der Waals surface area contributed by atoms with Gasteiger partial charge in [0.15, 0.2) is 0 Å². The zero-order valence-electron chi connectivity index (χ0n) is 11.9. The van der Waals surface area contributed by atoms with Gasteiger partial charge in [0.2, 0.25) is 0 Å². The summed E-state index contributed by atoms with van der Waals surface area (Å²) in [7, 11) is 0. The zero-order chi connectivity index (χ0) is 14.6. The number of pyridine rings is 1. The molecule has 2 heterocycles. The number of aliphatic hydroxyl groups excluding tert-OH is 1. The first-order valence-corrected chi connectivity index (χ1v) is 6.74. The summed E-state index contributed by atoms with van der Waals surface area (Å²) in [5, 5.41) is 11.9. The number of anilines is 1. The maximum absolute atomic E-state index is 12.0. The van der Waals surface area contributed by atoms with Crippen LogP contribution in [0.25, 0.3) is 0 Å². The Balaban J connectivity index is 2.02. The van der Waals surface area contributed by atoms with E-state index in [1.54, 1.807) is 26.1 Å². The van der Waals surface area contributed by atoms with Crippen LogP contribution in [0.15, 0.2) is 18.3 Å². The SMILES string of the molecule is CC(C)(CO)NC(=O)c1ccc(N2CCOCC2)cn1. The van der Waals surface area contributed by atoms with Crippen molar-refractivity contribution in [3.8, 4) is 0 Å². The van der Waals surface area contributed by atoms with Gasteiger partial charge >= 0.3 is 0 Å². The molecular formula is C14H21N3O3. The Bertz CT molecular complexity index is 453. The lowest BCUT2D eigenvalue weighted by molar-refractivity contribution is 0.0864. The summed E-state index contributed by atoms with van der Waals surface area (Å²) >= 11 is 0. The first-order valence-electron chi connectivity index (χ1n) is 6.74. The van der Waals surface area contributed by atoms with Gasteiger partial charge in [-0.25, -0.2) is 4.98 Å². The molecule has 1 saturated heterocycles. The second-order valence-corrected chi connectivity index (χ2v) is 5.50. The molecule has 2 rings (SSSR count). The van der Waals surface area contributed by atoms with E-state index in [0.717, 1.165) is 18.8 Å². The van der Waals surface area contributed by atoms with Gasteiger partial charge in [-0.1, -0.05) is 0 Å². The molecule has 0 unspecified atom stereocenters. The summed E-state index contributed by atoms with van der Waals surface area (Å²) in [6.07, 6.45) is 1.70. The predicted octanol–water partition coefficient (Wildman–Crippen LogP) is 0.419. The Morgan fingerprint density at radius 3 is 2.70 bits per heavy atom. The van der Waals surface area contributed by atoms with E-state index in [0.29, 0.717) is 18.9 Å². The molecule has 1 aromatic rings. The van der Waals surface area contributed by atoms with E-state index < -0.39 is 5.54 Å². The van der Waals surface area contributed by atoms with Gasteiger partial charge in [-0.15, -0.1) is 0 Å². The maximum Gasteiger partial charge on any atom is 0.270 e. The van der Waals surface area contributed by atoms with E-state index in [4.69, 9.17) is 9.84 Å². The van der Waals surface area contributed by atoms with E-state index in [1.807, 2.05) is 6.07 Å². The van der Waals surface area contributed by atoms with Crippen molar-refractivity contribution in [1.82, 2.24) is 10.3 Å². The predicted molar refractivity (Wildman–Crippen MR) is 75.9 cm³/mol. The number of carbonyl (C=O) groups is 1. The summed E-state index contributed by atoms with van der Waals surface area (Å²) in [5.74, 6) is -0.280. The summed E-state index contributed by atoms with van der Waals surface area (Å²) in [6, 6.07) is 3.59. The Kier molecular flexibility index (Phi) is 4.57. The first kappa shape index (κ1) is 14.7. The van der Waals surface area contributed by atoms with Crippen LogP contribution in [0.4, 0.5) is 5.69 Å². The fourth-order valence-corrected chi connectivity index (χ4v) is 1.94. The highest BCUT2D eigenvalue weighted by Gasteiger charge is 2.21. The van der Waals surface area contributed by atoms with Crippen LogP contribution in [-0.4, -0.2) is 54.4 Å². The number of ether oxygens (including phenoxy) is 1. The summed E-state index contributed by atoms with van der Waals surface area (Å²) in [6.45, 7) is 6.50. The van der Waals surface area contributed by atoms with Crippen LogP contribution in [0.5, 0.6) is 0 Å². The number of amides is 1. The molecule has 1 aliphatic heterocycles. The van der Waals surface area contributed by atoms with Crippen LogP contribution in [-0.2, 0) is 4.74 Å². The van der Waals surface area contributed by atoms with Gasteiger partial charge in [0.25, 0.3) is 5.91 Å². The van der Waals surface area contributed by atoms with Crippen molar-refractivity contribution in [3.63, 3.8) is 0 Å². The topological polar surface area (TPSA) is 74.7 Å². The summed E-state index contributed by atoms with van der Waals surface area (Å²) in [4.78, 5) is 18.4. The minimum absolute atomic E-state index is 0.120. The van der Waals surface area contributed by atoms with Gasteiger partial charge in [-0.3, -0.25) is 4.79 Å². The zero-order valence-corrected chi connectivity index (χ0v) is 11.9. The molecular weight excluding hydrogens is 258 g/mol. The van der Waals surface area contributed by atoms with Crippen molar-refractivity contribution in [1.29, 1.82) is 0 Å². The third-order valence-corrected chi connectivity index (χ3v) is 3.20. The average Bonchev–Trinajstić information content (AvgIpc) is 2.48. The number of hydrogen-bond donors (Lipinski definition) is 2. The molecule has 1 aromatic heterocycles. The van der Waals surface area contributed by atoms with E-state index in [1.165, 1.54) is 0 Å². The normalized spacial score (nSPS) is 16.1. The third kappa shape index (κ3) is 3.68. The fourth-order valence-electron chi connectivity index (χ4n) is 1.94. The maximum atomic E-state index is 12.0. The smallest absolute Gasteiger partial charge is 0.270 e. The van der Waals surface area contributed by atoms with Crippen molar-refractivity contribution in [2.45, 2.75) is 19.4 Å². The molecule has 0 spiro atoms. The summed E-state index contributed by atoms with van der Waals surface area (Å²) < 4.78 is 5.30. The second kappa shape index (κ2) is 6.19. The molecule has 0 aromatic carbocycles. The Labute approximate surface area is 118 Å². The highest BCUT2D eigenvalue weighted by molar-refractivity contribution is 5.92. The van der Waals surface area contributed by atoms with Crippen molar-refractivity contribution in [2.24, 2.45) is 0 Å². The third-order valence-electron chi connectivity index (χ3n) is 3.20.